The van der Waals surface area contributed by atoms with E-state index in [0.717, 1.165) is 24.0 Å². The van der Waals surface area contributed by atoms with Gasteiger partial charge in [0.2, 0.25) is 0 Å². The van der Waals surface area contributed by atoms with Crippen molar-refractivity contribution in [3.8, 4) is 5.75 Å². The van der Waals surface area contributed by atoms with Gasteiger partial charge in [0.1, 0.15) is 10.5 Å². The summed E-state index contributed by atoms with van der Waals surface area (Å²) >= 11 is 6.13. The zero-order valence-corrected chi connectivity index (χ0v) is 13.8. The number of ether oxygens (including phenoxy) is 1. The zero-order valence-electron chi connectivity index (χ0n) is 12.1. The molecule has 0 saturated carbocycles. The lowest BCUT2D eigenvalue weighted by atomic mass is 10.3. The van der Waals surface area contributed by atoms with Crippen LogP contribution in [-0.4, -0.2) is 53.7 Å². The number of hydrazine groups is 1. The van der Waals surface area contributed by atoms with Gasteiger partial charge in [-0.25, -0.2) is 0 Å². The van der Waals surface area contributed by atoms with Gasteiger partial charge in [0.25, 0.3) is 5.91 Å². The molecule has 1 unspecified atom stereocenters. The fraction of sp³-hybridized carbons (Fsp3) is 0.462. The maximum Gasteiger partial charge on any atom is 0.252 e. The van der Waals surface area contributed by atoms with Crippen LogP contribution in [0, 0.1) is 0 Å². The van der Waals surface area contributed by atoms with Gasteiger partial charge in [-0.1, -0.05) is 0 Å². The molecule has 0 radical (unpaired) electrons. The largest absolute Gasteiger partial charge is 0.497 e. The third kappa shape index (κ3) is 4.99. The van der Waals surface area contributed by atoms with E-state index >= 15 is 0 Å². The third-order valence-corrected chi connectivity index (χ3v) is 5.02. The fourth-order valence-corrected chi connectivity index (χ4v) is 2.99. The van der Waals surface area contributed by atoms with E-state index in [1.165, 1.54) is 0 Å². The molecule has 8 heteroatoms. The highest BCUT2D eigenvalue weighted by atomic mass is 32.2. The molecule has 2 rings (SSSR count). The fourth-order valence-electron chi connectivity index (χ4n) is 1.88. The molecule has 0 aliphatic carbocycles. The molecule has 116 valence electrons. The summed E-state index contributed by atoms with van der Waals surface area (Å²) in [5.74, 6) is 1.51. The molecule has 6 nitrogen and oxygen atoms in total. The van der Waals surface area contributed by atoms with Crippen molar-refractivity contribution in [3.05, 3.63) is 24.3 Å². The predicted molar refractivity (Wildman–Crippen MR) is 89.3 cm³/mol. The summed E-state index contributed by atoms with van der Waals surface area (Å²) in [5, 5.41) is 0. The van der Waals surface area contributed by atoms with E-state index in [-0.39, 0.29) is 10.6 Å². The van der Waals surface area contributed by atoms with Gasteiger partial charge in [0.05, 0.1) is 26.0 Å². The van der Waals surface area contributed by atoms with Crippen molar-refractivity contribution in [2.24, 2.45) is 0 Å². The highest BCUT2D eigenvalue weighted by Crippen LogP contribution is 2.24. The summed E-state index contributed by atoms with van der Waals surface area (Å²) < 4.78 is 5.28. The molecule has 21 heavy (non-hydrogen) atoms. The Morgan fingerprint density at radius 1 is 1.48 bits per heavy atom. The molecule has 1 aliphatic rings. The molecule has 2 N–H and O–H groups in total. The van der Waals surface area contributed by atoms with E-state index in [1.807, 2.05) is 31.3 Å². The number of nitrogens with zero attached hydrogens (tertiary/aromatic N) is 2. The van der Waals surface area contributed by atoms with Gasteiger partial charge in [0.15, 0.2) is 0 Å². The first kappa shape index (κ1) is 16.3. The van der Waals surface area contributed by atoms with Crippen LogP contribution in [-0.2, 0) is 4.79 Å². The van der Waals surface area contributed by atoms with Crippen LogP contribution in [0.3, 0.4) is 0 Å². The second kappa shape index (κ2) is 7.79. The zero-order chi connectivity index (χ0) is 15.2. The van der Waals surface area contributed by atoms with Crippen LogP contribution in [0.1, 0.15) is 0 Å². The third-order valence-electron chi connectivity index (χ3n) is 3.01. The van der Waals surface area contributed by atoms with E-state index in [9.17, 15) is 4.79 Å². The van der Waals surface area contributed by atoms with Crippen molar-refractivity contribution in [2.45, 2.75) is 4.71 Å². The second-order valence-electron chi connectivity index (χ2n) is 4.75. The van der Waals surface area contributed by atoms with Crippen LogP contribution in [0.25, 0.3) is 0 Å². The first-order valence-corrected chi connectivity index (χ1v) is 8.06. The summed E-state index contributed by atoms with van der Waals surface area (Å²) in [6.07, 6.45) is 0. The molecule has 1 aromatic carbocycles. The lowest BCUT2D eigenvalue weighted by molar-refractivity contribution is -0.122. The molecular formula is C13H20N4O2S2. The molecule has 1 aromatic rings. The van der Waals surface area contributed by atoms with Crippen molar-refractivity contribution < 1.29 is 9.53 Å². The minimum atomic E-state index is -0.0718. The van der Waals surface area contributed by atoms with E-state index in [0.29, 0.717) is 6.54 Å². The molecule has 1 fully saturated rings. The molecule has 1 aliphatic heterocycles. The van der Waals surface area contributed by atoms with Crippen molar-refractivity contribution in [3.63, 3.8) is 0 Å². The van der Waals surface area contributed by atoms with Gasteiger partial charge < -0.3 is 4.74 Å². The number of hydrogen-bond acceptors (Lipinski definition) is 7. The summed E-state index contributed by atoms with van der Waals surface area (Å²) in [6.45, 7) is 1.08. The Morgan fingerprint density at radius 2 is 2.19 bits per heavy atom. The minimum absolute atomic E-state index is 0.0718. The van der Waals surface area contributed by atoms with Crippen molar-refractivity contribution >= 4 is 36.0 Å². The van der Waals surface area contributed by atoms with Crippen LogP contribution in [0.15, 0.2) is 24.3 Å². The standard InChI is InChI=1S/C13H20N4O2S2/c1-16-8-17(9-21-13(16)20)7-12(18)15-14-10-3-5-11(19-2)6-4-10/h3-6,13-14,20H,7-9H2,1-2H3,(H,15,18). The van der Waals surface area contributed by atoms with Gasteiger partial charge in [-0.3, -0.25) is 25.4 Å². The molecule has 1 amide bonds. The van der Waals surface area contributed by atoms with E-state index < -0.39 is 0 Å². The van der Waals surface area contributed by atoms with Crippen molar-refractivity contribution in [1.82, 2.24) is 15.2 Å². The van der Waals surface area contributed by atoms with Gasteiger partial charge in [-0.05, 0) is 31.3 Å². The van der Waals surface area contributed by atoms with Crippen molar-refractivity contribution in [1.29, 1.82) is 0 Å². The number of carbonyl (C=O) groups excluding carboxylic acids is 1. The van der Waals surface area contributed by atoms with Crippen LogP contribution in [0.2, 0.25) is 0 Å². The Kier molecular flexibility index (Phi) is 6.04. The number of thioether (sulfide) groups is 1. The maximum atomic E-state index is 11.9. The lowest BCUT2D eigenvalue weighted by Gasteiger charge is -2.36. The summed E-state index contributed by atoms with van der Waals surface area (Å²) in [5.41, 5.74) is 6.39. The first-order valence-electron chi connectivity index (χ1n) is 6.49. The molecule has 0 aromatic heterocycles. The number of thiol groups is 1. The number of carbonyl (C=O) groups is 1. The Balaban J connectivity index is 1.74. The first-order chi connectivity index (χ1) is 10.1. The Labute approximate surface area is 134 Å². The molecule has 0 spiro atoms. The molecule has 1 saturated heterocycles. The number of methoxy groups -OCH3 is 1. The Morgan fingerprint density at radius 3 is 2.81 bits per heavy atom. The molecule has 1 atom stereocenters. The van der Waals surface area contributed by atoms with Crippen LogP contribution >= 0.6 is 24.4 Å². The highest BCUT2D eigenvalue weighted by molar-refractivity contribution is 8.10. The summed E-state index contributed by atoms with van der Waals surface area (Å²) in [7, 11) is 3.61. The van der Waals surface area contributed by atoms with E-state index in [1.54, 1.807) is 18.9 Å². The van der Waals surface area contributed by atoms with E-state index in [2.05, 4.69) is 33.3 Å². The number of anilines is 1. The predicted octanol–water partition coefficient (Wildman–Crippen LogP) is 1.25. The normalized spacial score (nSPS) is 20.0. The van der Waals surface area contributed by atoms with E-state index in [4.69, 9.17) is 4.74 Å². The Bertz CT molecular complexity index is 472. The van der Waals surface area contributed by atoms with Gasteiger partial charge in [-0.15, -0.1) is 24.4 Å². The van der Waals surface area contributed by atoms with Gasteiger partial charge in [-0.2, -0.15) is 0 Å². The SMILES string of the molecule is COc1ccc(NNC(=O)CN2CSC(S)N(C)C2)cc1. The van der Waals surface area contributed by atoms with Crippen LogP contribution in [0.4, 0.5) is 5.69 Å². The molecular weight excluding hydrogens is 308 g/mol. The van der Waals surface area contributed by atoms with Crippen LogP contribution < -0.4 is 15.6 Å². The minimum Gasteiger partial charge on any atom is -0.497 e. The highest BCUT2D eigenvalue weighted by Gasteiger charge is 2.22. The Hall–Kier alpha value is -1.09. The smallest absolute Gasteiger partial charge is 0.252 e. The molecule has 1 heterocycles. The average molecular weight is 328 g/mol. The summed E-state index contributed by atoms with van der Waals surface area (Å²) in [4.78, 5) is 16.1. The quantitative estimate of drug-likeness (QED) is 0.559. The lowest BCUT2D eigenvalue weighted by Crippen LogP contribution is -2.48. The van der Waals surface area contributed by atoms with Gasteiger partial charge in [0, 0.05) is 5.88 Å². The average Bonchev–Trinajstić information content (AvgIpc) is 2.49. The number of benzene rings is 1. The number of nitrogens with one attached hydrogen (secondary N) is 2. The summed E-state index contributed by atoms with van der Waals surface area (Å²) in [6, 6.07) is 7.35. The van der Waals surface area contributed by atoms with Gasteiger partial charge >= 0.3 is 0 Å². The second-order valence-corrected chi connectivity index (χ2v) is 6.63. The number of rotatable bonds is 5. The topological polar surface area (TPSA) is 56.8 Å². The van der Waals surface area contributed by atoms with Crippen molar-refractivity contribution in [2.75, 3.05) is 38.7 Å². The number of hydrogen-bond donors (Lipinski definition) is 3. The monoisotopic (exact) mass is 328 g/mol. The maximum absolute atomic E-state index is 11.9. The number of amides is 1. The molecule has 0 bridgehead atoms. The van der Waals surface area contributed by atoms with Crippen LogP contribution in [0.5, 0.6) is 5.75 Å².